The van der Waals surface area contributed by atoms with Crippen LogP contribution in [0.3, 0.4) is 0 Å². The molecule has 0 aliphatic rings. The molecule has 0 atom stereocenters. The van der Waals surface area contributed by atoms with Crippen LogP contribution >= 0.6 is 11.6 Å². The van der Waals surface area contributed by atoms with E-state index in [1.165, 1.54) is 5.56 Å². The number of halogens is 1. The zero-order chi connectivity index (χ0) is 13.0. The molecule has 94 valence electrons. The summed E-state index contributed by atoms with van der Waals surface area (Å²) in [7, 11) is 4.03. The Bertz CT molecular complexity index is 512. The van der Waals surface area contributed by atoms with Crippen LogP contribution in [-0.2, 0) is 6.54 Å². The van der Waals surface area contributed by atoms with Gasteiger partial charge in [-0.2, -0.15) is 0 Å². The SMILES string of the molecule is CN(C)c1ccc(Cl)cc1NCc1ccncc1. The van der Waals surface area contributed by atoms with Gasteiger partial charge < -0.3 is 10.2 Å². The zero-order valence-corrected chi connectivity index (χ0v) is 11.3. The van der Waals surface area contributed by atoms with Gasteiger partial charge in [-0.1, -0.05) is 11.6 Å². The van der Waals surface area contributed by atoms with Crippen molar-refractivity contribution in [3.8, 4) is 0 Å². The summed E-state index contributed by atoms with van der Waals surface area (Å²) in [5.74, 6) is 0. The number of aromatic nitrogens is 1. The second-order valence-corrected chi connectivity index (χ2v) is 4.70. The highest BCUT2D eigenvalue weighted by molar-refractivity contribution is 6.31. The average Bonchev–Trinajstić information content (AvgIpc) is 2.37. The second kappa shape index (κ2) is 5.74. The molecule has 2 aromatic rings. The van der Waals surface area contributed by atoms with Crippen LogP contribution in [0.4, 0.5) is 11.4 Å². The summed E-state index contributed by atoms with van der Waals surface area (Å²) in [5.41, 5.74) is 3.34. The molecule has 0 saturated heterocycles. The number of benzene rings is 1. The van der Waals surface area contributed by atoms with E-state index in [1.54, 1.807) is 12.4 Å². The van der Waals surface area contributed by atoms with E-state index in [1.807, 2.05) is 44.4 Å². The molecule has 3 nitrogen and oxygen atoms in total. The first-order valence-corrected chi connectivity index (χ1v) is 6.14. The molecule has 0 spiro atoms. The van der Waals surface area contributed by atoms with Crippen LogP contribution in [0, 0.1) is 0 Å². The van der Waals surface area contributed by atoms with Gasteiger partial charge in [0, 0.05) is 38.1 Å². The standard InChI is InChI=1S/C14H16ClN3/c1-18(2)14-4-3-12(15)9-13(14)17-10-11-5-7-16-8-6-11/h3-9,17H,10H2,1-2H3. The van der Waals surface area contributed by atoms with E-state index in [9.17, 15) is 0 Å². The fourth-order valence-electron chi connectivity index (χ4n) is 1.74. The maximum atomic E-state index is 6.03. The molecule has 4 heteroatoms. The molecule has 0 amide bonds. The van der Waals surface area contributed by atoms with Crippen molar-refractivity contribution in [2.24, 2.45) is 0 Å². The monoisotopic (exact) mass is 261 g/mol. The molecule has 1 N–H and O–H groups in total. The third kappa shape index (κ3) is 3.14. The maximum Gasteiger partial charge on any atom is 0.0597 e. The van der Waals surface area contributed by atoms with Crippen LogP contribution in [0.1, 0.15) is 5.56 Å². The highest BCUT2D eigenvalue weighted by Crippen LogP contribution is 2.28. The van der Waals surface area contributed by atoms with E-state index < -0.39 is 0 Å². The first-order chi connectivity index (χ1) is 8.66. The number of hydrogen-bond donors (Lipinski definition) is 1. The maximum absolute atomic E-state index is 6.03. The molecular weight excluding hydrogens is 246 g/mol. The molecule has 0 saturated carbocycles. The predicted molar refractivity (Wildman–Crippen MR) is 77.3 cm³/mol. The van der Waals surface area contributed by atoms with E-state index in [2.05, 4.69) is 15.2 Å². The van der Waals surface area contributed by atoms with E-state index in [-0.39, 0.29) is 0 Å². The first-order valence-electron chi connectivity index (χ1n) is 5.76. The summed E-state index contributed by atoms with van der Waals surface area (Å²) in [4.78, 5) is 6.06. The third-order valence-electron chi connectivity index (χ3n) is 2.67. The van der Waals surface area contributed by atoms with Crippen LogP contribution in [0.15, 0.2) is 42.7 Å². The van der Waals surface area contributed by atoms with Crippen molar-refractivity contribution in [3.05, 3.63) is 53.3 Å². The Hall–Kier alpha value is -1.74. The van der Waals surface area contributed by atoms with Crippen molar-refractivity contribution in [1.29, 1.82) is 0 Å². The van der Waals surface area contributed by atoms with E-state index in [0.717, 1.165) is 22.9 Å². The average molecular weight is 262 g/mol. The summed E-state index contributed by atoms with van der Waals surface area (Å²) in [5, 5.41) is 4.13. The Kier molecular flexibility index (Phi) is 4.05. The number of nitrogens with one attached hydrogen (secondary N) is 1. The van der Waals surface area contributed by atoms with Gasteiger partial charge in [0.15, 0.2) is 0 Å². The van der Waals surface area contributed by atoms with Crippen molar-refractivity contribution in [2.45, 2.75) is 6.54 Å². The van der Waals surface area contributed by atoms with Gasteiger partial charge in [0.05, 0.1) is 11.4 Å². The Labute approximate surface area is 112 Å². The first kappa shape index (κ1) is 12.7. The van der Waals surface area contributed by atoms with Crippen molar-refractivity contribution in [3.63, 3.8) is 0 Å². The molecule has 0 aliphatic heterocycles. The van der Waals surface area contributed by atoms with Crippen LogP contribution < -0.4 is 10.2 Å². The van der Waals surface area contributed by atoms with Crippen LogP contribution in [0.2, 0.25) is 5.02 Å². The lowest BCUT2D eigenvalue weighted by Crippen LogP contribution is -2.12. The summed E-state index contributed by atoms with van der Waals surface area (Å²) >= 11 is 6.03. The van der Waals surface area contributed by atoms with Gasteiger partial charge >= 0.3 is 0 Å². The normalized spacial score (nSPS) is 10.2. The summed E-state index contributed by atoms with van der Waals surface area (Å²) in [6, 6.07) is 9.84. The zero-order valence-electron chi connectivity index (χ0n) is 10.5. The van der Waals surface area contributed by atoms with Crippen LogP contribution in [0.5, 0.6) is 0 Å². The smallest absolute Gasteiger partial charge is 0.0597 e. The van der Waals surface area contributed by atoms with E-state index >= 15 is 0 Å². The van der Waals surface area contributed by atoms with E-state index in [4.69, 9.17) is 11.6 Å². The van der Waals surface area contributed by atoms with Gasteiger partial charge in [0.25, 0.3) is 0 Å². The lowest BCUT2D eigenvalue weighted by atomic mass is 10.2. The van der Waals surface area contributed by atoms with Gasteiger partial charge in [0.1, 0.15) is 0 Å². The Balaban J connectivity index is 2.15. The molecule has 2 rings (SSSR count). The number of anilines is 2. The van der Waals surface area contributed by atoms with Crippen molar-refractivity contribution < 1.29 is 0 Å². The summed E-state index contributed by atoms with van der Waals surface area (Å²) < 4.78 is 0. The van der Waals surface area contributed by atoms with Crippen molar-refractivity contribution >= 4 is 23.0 Å². The van der Waals surface area contributed by atoms with Gasteiger partial charge in [0.2, 0.25) is 0 Å². The number of hydrogen-bond acceptors (Lipinski definition) is 3. The molecular formula is C14H16ClN3. The predicted octanol–water partition coefficient (Wildman–Crippen LogP) is 3.41. The second-order valence-electron chi connectivity index (χ2n) is 4.26. The molecule has 0 aliphatic carbocycles. The van der Waals surface area contributed by atoms with Crippen LogP contribution in [-0.4, -0.2) is 19.1 Å². The van der Waals surface area contributed by atoms with E-state index in [0.29, 0.717) is 0 Å². The topological polar surface area (TPSA) is 28.2 Å². The molecule has 0 radical (unpaired) electrons. The van der Waals surface area contributed by atoms with Gasteiger partial charge in [-0.3, -0.25) is 4.98 Å². The molecule has 1 aromatic heterocycles. The molecule has 0 fully saturated rings. The van der Waals surface area contributed by atoms with Crippen molar-refractivity contribution in [1.82, 2.24) is 4.98 Å². The molecule has 1 aromatic carbocycles. The van der Waals surface area contributed by atoms with Crippen LogP contribution in [0.25, 0.3) is 0 Å². The lowest BCUT2D eigenvalue weighted by molar-refractivity contribution is 1.09. The fourth-order valence-corrected chi connectivity index (χ4v) is 1.91. The largest absolute Gasteiger partial charge is 0.379 e. The summed E-state index contributed by atoms with van der Waals surface area (Å²) in [6.07, 6.45) is 3.59. The van der Waals surface area contributed by atoms with Gasteiger partial charge in [-0.05, 0) is 35.9 Å². The number of rotatable bonds is 4. The van der Waals surface area contributed by atoms with Gasteiger partial charge in [-0.15, -0.1) is 0 Å². The Morgan fingerprint density at radius 3 is 2.56 bits per heavy atom. The minimum absolute atomic E-state index is 0.734. The number of pyridine rings is 1. The minimum Gasteiger partial charge on any atom is -0.379 e. The highest BCUT2D eigenvalue weighted by atomic mass is 35.5. The molecule has 18 heavy (non-hydrogen) atoms. The lowest BCUT2D eigenvalue weighted by Gasteiger charge is -2.18. The summed E-state index contributed by atoms with van der Waals surface area (Å²) in [6.45, 7) is 0.754. The minimum atomic E-state index is 0.734. The Morgan fingerprint density at radius 2 is 1.89 bits per heavy atom. The quantitative estimate of drug-likeness (QED) is 0.914. The molecule has 1 heterocycles. The van der Waals surface area contributed by atoms with Crippen molar-refractivity contribution in [2.75, 3.05) is 24.3 Å². The molecule has 0 bridgehead atoms. The highest BCUT2D eigenvalue weighted by Gasteiger charge is 2.05. The number of nitrogens with zero attached hydrogens (tertiary/aromatic N) is 2. The third-order valence-corrected chi connectivity index (χ3v) is 2.91. The molecule has 0 unspecified atom stereocenters. The van der Waals surface area contributed by atoms with Gasteiger partial charge in [-0.25, -0.2) is 0 Å². The fraction of sp³-hybridized carbons (Fsp3) is 0.214. The Morgan fingerprint density at radius 1 is 1.17 bits per heavy atom.